The highest BCUT2D eigenvalue weighted by molar-refractivity contribution is 5.69. The van der Waals surface area contributed by atoms with E-state index in [-0.39, 0.29) is 24.1 Å². The van der Waals surface area contributed by atoms with Crippen molar-refractivity contribution in [2.75, 3.05) is 26.4 Å². The van der Waals surface area contributed by atoms with Crippen LogP contribution >= 0.6 is 0 Å². The molecule has 2 aliphatic rings. The van der Waals surface area contributed by atoms with Crippen LogP contribution in [0.15, 0.2) is 36.4 Å². The molecule has 2 aromatic carbocycles. The lowest BCUT2D eigenvalue weighted by Crippen LogP contribution is -2.21. The first-order valence-corrected chi connectivity index (χ1v) is 14.2. The van der Waals surface area contributed by atoms with Crippen molar-refractivity contribution < 1.29 is 33.3 Å². The summed E-state index contributed by atoms with van der Waals surface area (Å²) in [4.78, 5) is 23.3. The van der Waals surface area contributed by atoms with Crippen molar-refractivity contribution in [1.82, 2.24) is 0 Å². The molecular weight excluding hydrogens is 524 g/mol. The summed E-state index contributed by atoms with van der Waals surface area (Å²) < 4.78 is 27.9. The van der Waals surface area contributed by atoms with Gasteiger partial charge < -0.3 is 23.7 Å². The molecule has 2 aliphatic heterocycles. The Morgan fingerprint density at radius 3 is 1.56 bits per heavy atom. The summed E-state index contributed by atoms with van der Waals surface area (Å²) in [6.45, 7) is 5.32. The van der Waals surface area contributed by atoms with Crippen LogP contribution in [0.5, 0.6) is 0 Å². The highest BCUT2D eigenvalue weighted by atomic mass is 16.6. The quantitative estimate of drug-likeness (QED) is 0.210. The number of hydrogen-bond donors (Lipinski definition) is 0. The molecule has 0 amide bonds. The van der Waals surface area contributed by atoms with Gasteiger partial charge in [-0.2, -0.15) is 10.5 Å². The van der Waals surface area contributed by atoms with E-state index >= 15 is 0 Å². The summed E-state index contributed by atoms with van der Waals surface area (Å²) in [5.74, 6) is -0.447. The molecule has 2 unspecified atom stereocenters. The Morgan fingerprint density at radius 2 is 1.22 bits per heavy atom. The molecule has 0 spiro atoms. The Balaban J connectivity index is 1.49. The molecule has 0 aromatic heterocycles. The maximum absolute atomic E-state index is 11.7. The van der Waals surface area contributed by atoms with Crippen molar-refractivity contribution in [3.05, 3.63) is 69.8 Å². The first-order chi connectivity index (χ1) is 20.0. The second-order valence-electron chi connectivity index (χ2n) is 10.1. The molecule has 2 heterocycles. The molecule has 216 valence electrons. The van der Waals surface area contributed by atoms with Gasteiger partial charge in [0.1, 0.15) is 24.4 Å². The fraction of sp³-hybridized carbons (Fsp3) is 0.500. The van der Waals surface area contributed by atoms with E-state index in [1.165, 1.54) is 0 Å². The maximum atomic E-state index is 11.7. The highest BCUT2D eigenvalue weighted by Crippen LogP contribution is 2.42. The number of benzene rings is 2. The largest absolute Gasteiger partial charge is 0.466 e. The predicted molar refractivity (Wildman–Crippen MR) is 148 cm³/mol. The molecule has 0 saturated carbocycles. The Kier molecular flexibility index (Phi) is 10.9. The Bertz CT molecular complexity index is 1200. The number of aryl methyl sites for hydroxylation is 2. The summed E-state index contributed by atoms with van der Waals surface area (Å²) >= 11 is 0. The molecule has 2 aromatic rings. The van der Waals surface area contributed by atoms with Gasteiger partial charge in [-0.05, 0) is 62.8 Å². The third-order valence-corrected chi connectivity index (χ3v) is 7.08. The van der Waals surface area contributed by atoms with Crippen LogP contribution < -0.4 is 0 Å². The standard InChI is InChI=1S/C32H36N2O7/c1-3-37-29(35)9-5-7-21-11-13-25(23(15-21)17-33)31(27-19-39-27)41-32(28-20-40-28)26-14-12-22(16-24(26)18-34)8-6-10-30(36)38-4-2/h11-16,27-28,31-32H,3-10,19-20H2,1-2H3/t27?,28?,31-,32-/m1/s1. The molecule has 4 atom stereocenters. The van der Waals surface area contributed by atoms with Crippen LogP contribution in [-0.4, -0.2) is 50.6 Å². The van der Waals surface area contributed by atoms with Crippen LogP contribution in [-0.2, 0) is 46.1 Å². The number of epoxide rings is 2. The van der Waals surface area contributed by atoms with Gasteiger partial charge >= 0.3 is 11.9 Å². The molecule has 0 aliphatic carbocycles. The van der Waals surface area contributed by atoms with Crippen LogP contribution in [0.1, 0.15) is 85.1 Å². The van der Waals surface area contributed by atoms with E-state index in [2.05, 4.69) is 12.1 Å². The van der Waals surface area contributed by atoms with E-state index in [4.69, 9.17) is 23.7 Å². The first kappa shape index (κ1) is 30.2. The average molecular weight is 561 g/mol. The zero-order chi connectivity index (χ0) is 29.2. The summed E-state index contributed by atoms with van der Waals surface area (Å²) in [6, 6.07) is 16.0. The summed E-state index contributed by atoms with van der Waals surface area (Å²) in [5, 5.41) is 20.0. The van der Waals surface area contributed by atoms with Gasteiger partial charge in [0, 0.05) is 24.0 Å². The third kappa shape index (κ3) is 8.61. The zero-order valence-corrected chi connectivity index (χ0v) is 23.6. The molecule has 4 rings (SSSR count). The lowest BCUT2D eigenvalue weighted by atomic mass is 9.94. The predicted octanol–water partition coefficient (Wildman–Crippen LogP) is 4.80. The van der Waals surface area contributed by atoms with Gasteiger partial charge in [-0.3, -0.25) is 9.59 Å². The van der Waals surface area contributed by atoms with Crippen molar-refractivity contribution in [3.63, 3.8) is 0 Å². The average Bonchev–Trinajstić information content (AvgIpc) is 3.89. The van der Waals surface area contributed by atoms with E-state index < -0.39 is 12.2 Å². The topological polar surface area (TPSA) is 134 Å². The van der Waals surface area contributed by atoms with Gasteiger partial charge in [0.05, 0.1) is 49.7 Å². The first-order valence-electron chi connectivity index (χ1n) is 14.2. The Hall–Kier alpha value is -3.76. The summed E-state index contributed by atoms with van der Waals surface area (Å²) in [6.07, 6.45) is 1.78. The minimum Gasteiger partial charge on any atom is -0.466 e. The fourth-order valence-electron chi connectivity index (χ4n) is 4.89. The van der Waals surface area contributed by atoms with Crippen LogP contribution in [0.2, 0.25) is 0 Å². The lowest BCUT2D eigenvalue weighted by molar-refractivity contribution is -0.144. The molecule has 41 heavy (non-hydrogen) atoms. The third-order valence-electron chi connectivity index (χ3n) is 7.08. The molecule has 0 bridgehead atoms. The number of esters is 2. The highest BCUT2D eigenvalue weighted by Gasteiger charge is 2.43. The van der Waals surface area contributed by atoms with E-state index in [1.54, 1.807) is 13.8 Å². The van der Waals surface area contributed by atoms with Crippen molar-refractivity contribution in [2.24, 2.45) is 0 Å². The number of ether oxygens (including phenoxy) is 5. The molecule has 9 heteroatoms. The maximum Gasteiger partial charge on any atom is 0.305 e. The van der Waals surface area contributed by atoms with Crippen LogP contribution in [0.3, 0.4) is 0 Å². The second-order valence-corrected chi connectivity index (χ2v) is 10.1. The van der Waals surface area contributed by atoms with Gasteiger partial charge in [-0.25, -0.2) is 0 Å². The smallest absolute Gasteiger partial charge is 0.305 e. The molecule has 0 N–H and O–H groups in total. The number of nitriles is 2. The van der Waals surface area contributed by atoms with Gasteiger partial charge in [0.15, 0.2) is 0 Å². The van der Waals surface area contributed by atoms with Gasteiger partial charge in [0.2, 0.25) is 0 Å². The zero-order valence-electron chi connectivity index (χ0n) is 23.6. The minimum absolute atomic E-state index is 0.203. The van der Waals surface area contributed by atoms with Crippen LogP contribution in [0, 0.1) is 22.7 Å². The Labute approximate surface area is 240 Å². The van der Waals surface area contributed by atoms with Gasteiger partial charge in [-0.1, -0.05) is 24.3 Å². The van der Waals surface area contributed by atoms with Gasteiger partial charge in [0.25, 0.3) is 0 Å². The van der Waals surface area contributed by atoms with Crippen LogP contribution in [0.4, 0.5) is 0 Å². The fourth-order valence-corrected chi connectivity index (χ4v) is 4.89. The number of rotatable bonds is 16. The molecule has 2 fully saturated rings. The van der Waals surface area contributed by atoms with Crippen LogP contribution in [0.25, 0.3) is 0 Å². The van der Waals surface area contributed by atoms with Crippen molar-refractivity contribution in [1.29, 1.82) is 10.5 Å². The number of hydrogen-bond acceptors (Lipinski definition) is 9. The normalized spacial score (nSPS) is 18.4. The monoisotopic (exact) mass is 560 g/mol. The van der Waals surface area contributed by atoms with Crippen molar-refractivity contribution in [2.45, 2.75) is 76.8 Å². The van der Waals surface area contributed by atoms with E-state index in [9.17, 15) is 20.1 Å². The summed E-state index contributed by atoms with van der Waals surface area (Å²) in [5.41, 5.74) is 4.35. The van der Waals surface area contributed by atoms with Crippen molar-refractivity contribution >= 4 is 11.9 Å². The second kappa shape index (κ2) is 14.7. The minimum atomic E-state index is -0.511. The van der Waals surface area contributed by atoms with Gasteiger partial charge in [-0.15, -0.1) is 0 Å². The number of carbonyl (C=O) groups is 2. The Morgan fingerprint density at radius 1 is 0.805 bits per heavy atom. The molecular formula is C32H36N2O7. The van der Waals surface area contributed by atoms with E-state index in [0.717, 1.165) is 22.3 Å². The molecule has 2 saturated heterocycles. The van der Waals surface area contributed by atoms with E-state index in [1.807, 2.05) is 36.4 Å². The SMILES string of the molecule is CCOC(=O)CCCc1ccc([C@@H](O[C@H](c2ccc(CCCC(=O)OCC)cc2C#N)C2CO2)C2CO2)c(C#N)c1. The lowest BCUT2D eigenvalue weighted by Gasteiger charge is -2.25. The molecule has 9 nitrogen and oxygen atoms in total. The number of nitrogens with zero attached hydrogens (tertiary/aromatic N) is 2. The molecule has 0 radical (unpaired) electrons. The van der Waals surface area contributed by atoms with Crippen molar-refractivity contribution in [3.8, 4) is 12.1 Å². The number of carbonyl (C=O) groups excluding carboxylic acids is 2. The van der Waals surface area contributed by atoms with E-state index in [0.29, 0.717) is 76.1 Å². The summed E-state index contributed by atoms with van der Waals surface area (Å²) in [7, 11) is 0.